The third-order valence-electron chi connectivity index (χ3n) is 2.41. The minimum Gasteiger partial charge on any atom is -0.342 e. The van der Waals surface area contributed by atoms with Gasteiger partial charge in [-0.2, -0.15) is 5.26 Å². The number of hydrogen-bond acceptors (Lipinski definition) is 4. The molecule has 0 aliphatic carbocycles. The molecule has 1 heterocycles. The van der Waals surface area contributed by atoms with Gasteiger partial charge in [0.2, 0.25) is 5.91 Å². The van der Waals surface area contributed by atoms with Crippen molar-refractivity contribution in [3.8, 4) is 6.07 Å². The van der Waals surface area contributed by atoms with Crippen LogP contribution in [-0.2, 0) is 4.79 Å². The highest BCUT2D eigenvalue weighted by molar-refractivity contribution is 5.78. The summed E-state index contributed by atoms with van der Waals surface area (Å²) in [5.74, 6) is -0.125. The summed E-state index contributed by atoms with van der Waals surface area (Å²) in [6.45, 7) is 4.32. The molecule has 0 aromatic heterocycles. The fourth-order valence-corrected chi connectivity index (χ4v) is 1.46. The second kappa shape index (κ2) is 4.94. The number of carbonyl (C=O) groups is 1. The van der Waals surface area contributed by atoms with E-state index in [1.807, 2.05) is 6.07 Å². The monoisotopic (exact) mass is 196 g/mol. The Morgan fingerprint density at radius 2 is 2.50 bits per heavy atom. The molecular weight excluding hydrogens is 180 g/mol. The van der Waals surface area contributed by atoms with Crippen molar-refractivity contribution < 1.29 is 4.79 Å². The number of nitrogens with one attached hydrogen (secondary N) is 3. The fourth-order valence-electron chi connectivity index (χ4n) is 1.46. The smallest absolute Gasteiger partial charge is 0.234 e. The molecule has 0 aromatic rings. The lowest BCUT2D eigenvalue weighted by Gasteiger charge is -2.23. The van der Waals surface area contributed by atoms with Gasteiger partial charge in [-0.05, 0) is 19.9 Å². The van der Waals surface area contributed by atoms with Crippen LogP contribution in [0.1, 0.15) is 13.3 Å². The van der Waals surface area contributed by atoms with Gasteiger partial charge in [-0.25, -0.2) is 0 Å². The zero-order valence-corrected chi connectivity index (χ0v) is 8.39. The van der Waals surface area contributed by atoms with Gasteiger partial charge in [-0.1, -0.05) is 0 Å². The van der Waals surface area contributed by atoms with Gasteiger partial charge in [0.05, 0.1) is 12.6 Å². The van der Waals surface area contributed by atoms with Crippen molar-refractivity contribution in [3.05, 3.63) is 0 Å². The van der Waals surface area contributed by atoms with E-state index in [4.69, 9.17) is 5.26 Å². The quantitative estimate of drug-likeness (QED) is 0.502. The summed E-state index contributed by atoms with van der Waals surface area (Å²) in [6.07, 6.45) is 1.03. The van der Waals surface area contributed by atoms with Gasteiger partial charge in [-0.3, -0.25) is 4.79 Å². The summed E-state index contributed by atoms with van der Waals surface area (Å²) in [6, 6.07) is 1.86. The second-order valence-electron chi connectivity index (χ2n) is 3.78. The highest BCUT2D eigenvalue weighted by Gasteiger charge is 2.27. The Morgan fingerprint density at radius 3 is 3.07 bits per heavy atom. The summed E-state index contributed by atoms with van der Waals surface area (Å²) in [5, 5.41) is 17.2. The van der Waals surface area contributed by atoms with Crippen LogP contribution in [0.4, 0.5) is 0 Å². The topological polar surface area (TPSA) is 77.0 Å². The lowest BCUT2D eigenvalue weighted by Crippen LogP contribution is -2.48. The van der Waals surface area contributed by atoms with E-state index in [2.05, 4.69) is 22.9 Å². The molecule has 1 aliphatic heterocycles. The molecular formula is C9H16N4O. The lowest BCUT2D eigenvalue weighted by atomic mass is 10.0. The number of carbonyl (C=O) groups excluding carboxylic acids is 1. The van der Waals surface area contributed by atoms with E-state index in [1.54, 1.807) is 0 Å². The summed E-state index contributed by atoms with van der Waals surface area (Å²) in [7, 11) is 0. The predicted molar refractivity (Wildman–Crippen MR) is 52.5 cm³/mol. The molecule has 1 rings (SSSR count). The zero-order valence-electron chi connectivity index (χ0n) is 8.39. The first-order valence-electron chi connectivity index (χ1n) is 4.76. The largest absolute Gasteiger partial charge is 0.342 e. The van der Waals surface area contributed by atoms with E-state index in [1.165, 1.54) is 0 Å². The first-order valence-corrected chi connectivity index (χ1v) is 4.76. The number of nitrogens with zero attached hydrogens (tertiary/aromatic N) is 1. The maximum Gasteiger partial charge on any atom is 0.234 e. The summed E-state index contributed by atoms with van der Waals surface area (Å²) in [4.78, 5) is 11.2. The molecule has 3 N–H and O–H groups in total. The van der Waals surface area contributed by atoms with Crippen molar-refractivity contribution in [2.75, 3.05) is 26.2 Å². The number of hydrogen-bond donors (Lipinski definition) is 3. The average Bonchev–Trinajstić information content (AvgIpc) is 2.60. The molecule has 1 unspecified atom stereocenters. The van der Waals surface area contributed by atoms with Gasteiger partial charge in [-0.15, -0.1) is 0 Å². The zero-order chi connectivity index (χ0) is 10.4. The number of amides is 1. The van der Waals surface area contributed by atoms with Crippen LogP contribution in [-0.4, -0.2) is 37.6 Å². The fraction of sp³-hybridized carbons (Fsp3) is 0.778. The molecule has 0 radical (unpaired) electrons. The van der Waals surface area contributed by atoms with E-state index in [-0.39, 0.29) is 24.5 Å². The Labute approximate surface area is 83.9 Å². The van der Waals surface area contributed by atoms with Crippen molar-refractivity contribution >= 4 is 5.91 Å². The Balaban J connectivity index is 2.19. The molecule has 0 spiro atoms. The highest BCUT2D eigenvalue weighted by atomic mass is 16.1. The third kappa shape index (κ3) is 3.32. The van der Waals surface area contributed by atoms with E-state index >= 15 is 0 Å². The Morgan fingerprint density at radius 1 is 1.71 bits per heavy atom. The average molecular weight is 196 g/mol. The molecule has 0 aromatic carbocycles. The standard InChI is InChI=1S/C9H16N4O/c1-9(2-4-11-7-9)13-6-8(14)12-5-3-10/h11,13H,2,4-7H2,1H3,(H,12,14). The Hall–Kier alpha value is -1.12. The minimum absolute atomic E-state index is 0.0178. The van der Waals surface area contributed by atoms with Gasteiger partial charge in [0.1, 0.15) is 6.54 Å². The Kier molecular flexibility index (Phi) is 3.86. The van der Waals surface area contributed by atoms with E-state index < -0.39 is 0 Å². The van der Waals surface area contributed by atoms with Gasteiger partial charge in [0.15, 0.2) is 0 Å². The summed E-state index contributed by atoms with van der Waals surface area (Å²) in [5.41, 5.74) is 0.0178. The van der Waals surface area contributed by atoms with Crippen molar-refractivity contribution in [2.45, 2.75) is 18.9 Å². The van der Waals surface area contributed by atoms with Gasteiger partial charge in [0.25, 0.3) is 0 Å². The predicted octanol–water partition coefficient (Wildman–Crippen LogP) is -1.03. The van der Waals surface area contributed by atoms with Crippen molar-refractivity contribution in [1.29, 1.82) is 5.26 Å². The lowest BCUT2D eigenvalue weighted by molar-refractivity contribution is -0.120. The second-order valence-corrected chi connectivity index (χ2v) is 3.78. The molecule has 1 atom stereocenters. The van der Waals surface area contributed by atoms with Gasteiger partial charge < -0.3 is 16.0 Å². The molecule has 14 heavy (non-hydrogen) atoms. The number of rotatable bonds is 4. The number of nitriles is 1. The molecule has 1 fully saturated rings. The van der Waals surface area contributed by atoms with Crippen molar-refractivity contribution in [2.24, 2.45) is 0 Å². The molecule has 0 saturated carbocycles. The van der Waals surface area contributed by atoms with Crippen LogP contribution in [0.3, 0.4) is 0 Å². The van der Waals surface area contributed by atoms with Crippen LogP contribution in [0.25, 0.3) is 0 Å². The van der Waals surface area contributed by atoms with E-state index in [0.717, 1.165) is 19.5 Å². The van der Waals surface area contributed by atoms with Crippen LogP contribution in [0.15, 0.2) is 0 Å². The molecule has 78 valence electrons. The van der Waals surface area contributed by atoms with E-state index in [0.29, 0.717) is 0 Å². The first kappa shape index (κ1) is 11.0. The van der Waals surface area contributed by atoms with Crippen LogP contribution in [0, 0.1) is 11.3 Å². The summed E-state index contributed by atoms with van der Waals surface area (Å²) >= 11 is 0. The molecule has 1 saturated heterocycles. The highest BCUT2D eigenvalue weighted by Crippen LogP contribution is 2.12. The van der Waals surface area contributed by atoms with Gasteiger partial charge in [0, 0.05) is 12.1 Å². The van der Waals surface area contributed by atoms with Crippen molar-refractivity contribution in [3.63, 3.8) is 0 Å². The normalized spacial score (nSPS) is 25.7. The van der Waals surface area contributed by atoms with E-state index in [9.17, 15) is 4.79 Å². The minimum atomic E-state index is -0.125. The molecule has 1 aliphatic rings. The van der Waals surface area contributed by atoms with Crippen LogP contribution < -0.4 is 16.0 Å². The maximum atomic E-state index is 11.2. The Bertz CT molecular complexity index is 240. The summed E-state index contributed by atoms with van der Waals surface area (Å²) < 4.78 is 0. The maximum absolute atomic E-state index is 11.2. The third-order valence-corrected chi connectivity index (χ3v) is 2.41. The van der Waals surface area contributed by atoms with Crippen LogP contribution in [0.2, 0.25) is 0 Å². The molecule has 5 nitrogen and oxygen atoms in total. The SMILES string of the molecule is CC1(NCC(=O)NCC#N)CCNC1. The molecule has 1 amide bonds. The van der Waals surface area contributed by atoms with Crippen LogP contribution in [0.5, 0.6) is 0 Å². The van der Waals surface area contributed by atoms with Gasteiger partial charge >= 0.3 is 0 Å². The molecule has 5 heteroatoms. The van der Waals surface area contributed by atoms with Crippen molar-refractivity contribution in [1.82, 2.24) is 16.0 Å². The van der Waals surface area contributed by atoms with Crippen LogP contribution >= 0.6 is 0 Å². The first-order chi connectivity index (χ1) is 6.66. The molecule has 0 bridgehead atoms.